The topological polar surface area (TPSA) is 40.0 Å². The molecule has 124 valence electrons. The summed E-state index contributed by atoms with van der Waals surface area (Å²) in [6, 6.07) is 28.6. The zero-order chi connectivity index (χ0) is 17.0. The van der Waals surface area contributed by atoms with E-state index < -0.39 is 5.31 Å². The lowest BCUT2D eigenvalue weighted by atomic mass is 10.2. The highest BCUT2D eigenvalue weighted by atomic mass is 32.2. The predicted molar refractivity (Wildman–Crippen MR) is 98.5 cm³/mol. The van der Waals surface area contributed by atoms with Gasteiger partial charge in [-0.05, 0) is 24.3 Å². The van der Waals surface area contributed by atoms with Crippen molar-refractivity contribution in [3.8, 4) is 11.5 Å². The molecule has 0 N–H and O–H groups in total. The average molecular weight is 349 g/mol. The summed E-state index contributed by atoms with van der Waals surface area (Å²) in [7, 11) is 0. The zero-order valence-corrected chi connectivity index (χ0v) is 14.1. The first-order valence-corrected chi connectivity index (χ1v) is 8.63. The van der Waals surface area contributed by atoms with Gasteiger partial charge in [0.15, 0.2) is 5.04 Å². The summed E-state index contributed by atoms with van der Waals surface area (Å²) in [5, 5.41) is 3.47. The smallest absolute Gasteiger partial charge is 0.410 e. The zero-order valence-electron chi connectivity index (χ0n) is 13.2. The van der Waals surface area contributed by atoms with Crippen LogP contribution in [0.5, 0.6) is 11.5 Å². The summed E-state index contributed by atoms with van der Waals surface area (Å²) in [6.45, 7) is 0. The van der Waals surface area contributed by atoms with Gasteiger partial charge in [0.05, 0.1) is 0 Å². The number of hydrogen-bond acceptors (Lipinski definition) is 5. The maximum absolute atomic E-state index is 6.02. The molecule has 25 heavy (non-hydrogen) atoms. The summed E-state index contributed by atoms with van der Waals surface area (Å²) >= 11 is 1.28. The number of ether oxygens (including phenoxy) is 2. The first-order chi connectivity index (χ1) is 12.3. The quantitative estimate of drug-likeness (QED) is 0.616. The minimum absolute atomic E-state index is 0.635. The molecule has 0 fully saturated rings. The molecule has 1 heterocycles. The Morgan fingerprint density at radius 1 is 0.680 bits per heavy atom. The second-order valence-corrected chi connectivity index (χ2v) is 6.38. The summed E-state index contributed by atoms with van der Waals surface area (Å²) in [5.41, 5.74) is 0.947. The van der Waals surface area contributed by atoms with E-state index in [1.54, 1.807) is 0 Å². The standard InChI is InChI=1S/C20H15NO3S/c1-4-10-16(11-5-1)19-21-24-20(25-19,22-17-12-6-2-7-13-17)23-18-14-8-3-9-15-18/h1-15H. The second kappa shape index (κ2) is 6.91. The molecule has 1 aliphatic rings. The molecule has 0 bridgehead atoms. The van der Waals surface area contributed by atoms with Gasteiger partial charge in [0, 0.05) is 17.3 Å². The molecule has 0 unspecified atom stereocenters. The second-order valence-electron chi connectivity index (χ2n) is 5.29. The van der Waals surface area contributed by atoms with E-state index in [0.29, 0.717) is 16.5 Å². The van der Waals surface area contributed by atoms with Crippen molar-refractivity contribution in [1.29, 1.82) is 0 Å². The third-order valence-corrected chi connectivity index (χ3v) is 4.45. The third kappa shape index (κ3) is 3.61. The lowest BCUT2D eigenvalue weighted by molar-refractivity contribution is -0.226. The number of oxime groups is 1. The van der Waals surface area contributed by atoms with Crippen molar-refractivity contribution in [3.05, 3.63) is 96.6 Å². The molecule has 0 spiro atoms. The van der Waals surface area contributed by atoms with Gasteiger partial charge in [-0.1, -0.05) is 71.9 Å². The molecule has 4 nitrogen and oxygen atoms in total. The number of thioether (sulfide) groups is 1. The van der Waals surface area contributed by atoms with Crippen molar-refractivity contribution >= 4 is 16.8 Å². The lowest BCUT2D eigenvalue weighted by Gasteiger charge is -2.26. The Kier molecular flexibility index (Phi) is 4.31. The Bertz CT molecular complexity index is 812. The molecule has 1 aliphatic heterocycles. The molecule has 0 aromatic heterocycles. The Morgan fingerprint density at radius 2 is 1.16 bits per heavy atom. The van der Waals surface area contributed by atoms with Crippen LogP contribution in [0, 0.1) is 0 Å². The first kappa shape index (κ1) is 15.6. The fraction of sp³-hybridized carbons (Fsp3) is 0.0500. The molecule has 0 radical (unpaired) electrons. The monoisotopic (exact) mass is 349 g/mol. The van der Waals surface area contributed by atoms with Crippen molar-refractivity contribution in [1.82, 2.24) is 0 Å². The average Bonchev–Trinajstić information content (AvgIpc) is 3.08. The summed E-state index contributed by atoms with van der Waals surface area (Å²) in [4.78, 5) is 5.62. The van der Waals surface area contributed by atoms with E-state index in [9.17, 15) is 0 Å². The van der Waals surface area contributed by atoms with Crippen molar-refractivity contribution < 1.29 is 14.3 Å². The number of nitrogens with zero attached hydrogens (tertiary/aromatic N) is 1. The van der Waals surface area contributed by atoms with Crippen LogP contribution in [-0.4, -0.2) is 10.3 Å². The largest absolute Gasteiger partial charge is 0.500 e. The first-order valence-electron chi connectivity index (χ1n) is 7.82. The van der Waals surface area contributed by atoms with E-state index in [1.807, 2.05) is 91.0 Å². The number of benzene rings is 3. The molecule has 5 heteroatoms. The van der Waals surface area contributed by atoms with E-state index in [2.05, 4.69) is 5.16 Å². The van der Waals surface area contributed by atoms with Gasteiger partial charge in [-0.25, -0.2) is 0 Å². The van der Waals surface area contributed by atoms with Gasteiger partial charge < -0.3 is 9.47 Å². The Balaban J connectivity index is 1.61. The fourth-order valence-corrected chi connectivity index (χ4v) is 3.23. The number of hydrogen-bond donors (Lipinski definition) is 0. The van der Waals surface area contributed by atoms with Gasteiger partial charge in [-0.3, -0.25) is 4.84 Å². The molecular weight excluding hydrogens is 334 g/mol. The highest BCUT2D eigenvalue weighted by molar-refractivity contribution is 8.15. The van der Waals surface area contributed by atoms with E-state index >= 15 is 0 Å². The fourth-order valence-electron chi connectivity index (χ4n) is 2.31. The molecule has 4 rings (SSSR count). The normalized spacial score (nSPS) is 15.1. The van der Waals surface area contributed by atoms with E-state index in [0.717, 1.165) is 5.56 Å². The minimum atomic E-state index is -1.41. The van der Waals surface area contributed by atoms with Crippen LogP contribution in [0.2, 0.25) is 0 Å². The summed E-state index contributed by atoms with van der Waals surface area (Å²) in [6.07, 6.45) is 0. The van der Waals surface area contributed by atoms with Crippen LogP contribution in [0.1, 0.15) is 5.56 Å². The number of para-hydroxylation sites is 2. The molecule has 0 aliphatic carbocycles. The predicted octanol–water partition coefficient (Wildman–Crippen LogP) is 4.88. The molecule has 3 aromatic carbocycles. The van der Waals surface area contributed by atoms with Crippen LogP contribution < -0.4 is 9.47 Å². The lowest BCUT2D eigenvalue weighted by Crippen LogP contribution is -2.39. The minimum Gasteiger partial charge on any atom is -0.410 e. The summed E-state index contributed by atoms with van der Waals surface area (Å²) < 4.78 is 12.0. The van der Waals surface area contributed by atoms with Crippen LogP contribution in [-0.2, 0) is 4.84 Å². The highest BCUT2D eigenvalue weighted by Gasteiger charge is 2.47. The van der Waals surface area contributed by atoms with Gasteiger partial charge in [0.1, 0.15) is 11.5 Å². The van der Waals surface area contributed by atoms with Gasteiger partial charge in [-0.15, -0.1) is 0 Å². The van der Waals surface area contributed by atoms with Crippen LogP contribution in [0.3, 0.4) is 0 Å². The highest BCUT2D eigenvalue weighted by Crippen LogP contribution is 2.40. The molecule has 0 saturated heterocycles. The van der Waals surface area contributed by atoms with Crippen LogP contribution in [0.4, 0.5) is 0 Å². The van der Waals surface area contributed by atoms with E-state index in [1.165, 1.54) is 11.8 Å². The van der Waals surface area contributed by atoms with Crippen LogP contribution in [0.15, 0.2) is 96.2 Å². The molecule has 0 amide bonds. The van der Waals surface area contributed by atoms with Crippen molar-refractivity contribution in [2.75, 3.05) is 0 Å². The maximum atomic E-state index is 6.02. The molecule has 0 atom stereocenters. The number of rotatable bonds is 5. The molecular formula is C20H15NO3S. The Morgan fingerprint density at radius 3 is 1.68 bits per heavy atom. The van der Waals surface area contributed by atoms with Crippen molar-refractivity contribution in [3.63, 3.8) is 0 Å². The van der Waals surface area contributed by atoms with Gasteiger partial charge >= 0.3 is 5.31 Å². The maximum Gasteiger partial charge on any atom is 0.500 e. The Hall–Kier alpha value is -2.92. The van der Waals surface area contributed by atoms with Gasteiger partial charge in [0.25, 0.3) is 0 Å². The van der Waals surface area contributed by atoms with Gasteiger partial charge in [-0.2, -0.15) is 0 Å². The van der Waals surface area contributed by atoms with E-state index in [4.69, 9.17) is 14.3 Å². The molecule has 3 aromatic rings. The van der Waals surface area contributed by atoms with Crippen molar-refractivity contribution in [2.24, 2.45) is 5.16 Å². The molecule has 0 saturated carbocycles. The van der Waals surface area contributed by atoms with Crippen LogP contribution >= 0.6 is 11.8 Å². The SMILES string of the molecule is c1ccc(OC2(Oc3ccccc3)ON=C(c3ccccc3)S2)cc1. The third-order valence-electron chi connectivity index (χ3n) is 3.45. The van der Waals surface area contributed by atoms with E-state index in [-0.39, 0.29) is 0 Å². The Labute approximate surface area is 150 Å². The van der Waals surface area contributed by atoms with Crippen molar-refractivity contribution in [2.45, 2.75) is 5.31 Å². The van der Waals surface area contributed by atoms with Gasteiger partial charge in [0.2, 0.25) is 0 Å². The van der Waals surface area contributed by atoms with Crippen LogP contribution in [0.25, 0.3) is 0 Å². The summed E-state index contributed by atoms with van der Waals surface area (Å²) in [5.74, 6) is 1.27.